The van der Waals surface area contributed by atoms with Gasteiger partial charge in [-0.1, -0.05) is 81.1 Å². The van der Waals surface area contributed by atoms with Crippen molar-refractivity contribution in [3.63, 3.8) is 0 Å². The lowest BCUT2D eigenvalue weighted by Crippen LogP contribution is -2.23. The molecular formula is C26H35N5OS. The van der Waals surface area contributed by atoms with E-state index >= 15 is 0 Å². The standard InChI is InChI=1S/C26H35N5OS/c1-7-22(30(5)6)25-28-29-26(31(25)16-20-13-9-8-10-14-20)33-17-23(32)27-24-19(4)12-11-15-21(24)18(2)3/h8-15,18,22H,7,16-17H2,1-6H3,(H,27,32). The van der Waals surface area contributed by atoms with Crippen molar-refractivity contribution in [3.8, 4) is 0 Å². The van der Waals surface area contributed by atoms with Crippen LogP contribution in [0.5, 0.6) is 0 Å². The van der Waals surface area contributed by atoms with Gasteiger partial charge in [-0.2, -0.15) is 0 Å². The molecule has 2 aromatic carbocycles. The van der Waals surface area contributed by atoms with Crippen LogP contribution in [0.25, 0.3) is 0 Å². The molecule has 0 aliphatic heterocycles. The number of amides is 1. The van der Waals surface area contributed by atoms with Gasteiger partial charge in [0.2, 0.25) is 5.91 Å². The van der Waals surface area contributed by atoms with Crippen LogP contribution in [0.2, 0.25) is 0 Å². The van der Waals surface area contributed by atoms with Crippen LogP contribution in [0.15, 0.2) is 53.7 Å². The van der Waals surface area contributed by atoms with Gasteiger partial charge < -0.3 is 9.88 Å². The second-order valence-corrected chi connectivity index (χ2v) is 9.77. The number of nitrogens with zero attached hydrogens (tertiary/aromatic N) is 4. The summed E-state index contributed by atoms with van der Waals surface area (Å²) in [5, 5.41) is 12.9. The van der Waals surface area contributed by atoms with E-state index in [9.17, 15) is 4.79 Å². The molecule has 0 radical (unpaired) electrons. The minimum Gasteiger partial charge on any atom is -0.325 e. The van der Waals surface area contributed by atoms with Crippen LogP contribution in [0.1, 0.15) is 61.7 Å². The summed E-state index contributed by atoms with van der Waals surface area (Å²) >= 11 is 1.43. The first kappa shape index (κ1) is 25.0. The molecular weight excluding hydrogens is 430 g/mol. The zero-order chi connectivity index (χ0) is 24.0. The normalized spacial score (nSPS) is 12.4. The molecule has 7 heteroatoms. The Balaban J connectivity index is 1.81. The number of anilines is 1. The Hall–Kier alpha value is -2.64. The Labute approximate surface area is 201 Å². The van der Waals surface area contributed by atoms with Crippen molar-refractivity contribution in [1.29, 1.82) is 0 Å². The fourth-order valence-electron chi connectivity index (χ4n) is 3.99. The SMILES string of the molecule is CCC(c1nnc(SCC(=O)Nc2c(C)cccc2C(C)C)n1Cc1ccccc1)N(C)C. The third-order valence-corrected chi connectivity index (χ3v) is 6.73. The quantitative estimate of drug-likeness (QED) is 0.401. The van der Waals surface area contributed by atoms with Crippen molar-refractivity contribution >= 4 is 23.4 Å². The van der Waals surface area contributed by atoms with E-state index in [1.807, 2.05) is 37.3 Å². The fraction of sp³-hybridized carbons (Fsp3) is 0.423. The van der Waals surface area contributed by atoms with Crippen molar-refractivity contribution in [3.05, 3.63) is 71.0 Å². The van der Waals surface area contributed by atoms with Crippen molar-refractivity contribution in [1.82, 2.24) is 19.7 Å². The summed E-state index contributed by atoms with van der Waals surface area (Å²) in [5.41, 5.74) is 4.33. The zero-order valence-corrected chi connectivity index (χ0v) is 21.3. The first-order valence-electron chi connectivity index (χ1n) is 11.5. The molecule has 3 aromatic rings. The highest BCUT2D eigenvalue weighted by Crippen LogP contribution is 2.29. The third-order valence-electron chi connectivity index (χ3n) is 5.76. The maximum atomic E-state index is 12.9. The Kier molecular flexibility index (Phi) is 8.69. The molecule has 1 amide bonds. The highest BCUT2D eigenvalue weighted by Gasteiger charge is 2.23. The van der Waals surface area contributed by atoms with E-state index in [0.717, 1.165) is 34.2 Å². The summed E-state index contributed by atoms with van der Waals surface area (Å²) in [6.07, 6.45) is 0.927. The van der Waals surface area contributed by atoms with Crippen molar-refractivity contribution in [2.24, 2.45) is 0 Å². The highest BCUT2D eigenvalue weighted by atomic mass is 32.2. The van der Waals surface area contributed by atoms with Crippen LogP contribution < -0.4 is 5.32 Å². The van der Waals surface area contributed by atoms with Gasteiger partial charge in [0.15, 0.2) is 11.0 Å². The van der Waals surface area contributed by atoms with E-state index in [1.165, 1.54) is 17.3 Å². The van der Waals surface area contributed by atoms with Crippen molar-refractivity contribution in [2.75, 3.05) is 25.2 Å². The highest BCUT2D eigenvalue weighted by molar-refractivity contribution is 7.99. The number of nitrogens with one attached hydrogen (secondary N) is 1. The molecule has 0 saturated heterocycles. The molecule has 0 spiro atoms. The first-order valence-corrected chi connectivity index (χ1v) is 12.5. The van der Waals surface area contributed by atoms with Gasteiger partial charge in [-0.25, -0.2) is 0 Å². The van der Waals surface area contributed by atoms with Crippen LogP contribution in [0, 0.1) is 6.92 Å². The van der Waals surface area contributed by atoms with Gasteiger partial charge >= 0.3 is 0 Å². The first-order chi connectivity index (χ1) is 15.8. The summed E-state index contributed by atoms with van der Waals surface area (Å²) < 4.78 is 2.15. The van der Waals surface area contributed by atoms with E-state index in [0.29, 0.717) is 12.5 Å². The number of aromatic nitrogens is 3. The van der Waals surface area contributed by atoms with E-state index in [1.54, 1.807) is 0 Å². The predicted molar refractivity (Wildman–Crippen MR) is 137 cm³/mol. The third kappa shape index (κ3) is 6.24. The number of thioether (sulfide) groups is 1. The van der Waals surface area contributed by atoms with Gasteiger partial charge in [0, 0.05) is 5.69 Å². The van der Waals surface area contributed by atoms with Crippen LogP contribution in [0.4, 0.5) is 5.69 Å². The summed E-state index contributed by atoms with van der Waals surface area (Å²) in [4.78, 5) is 15.1. The lowest BCUT2D eigenvalue weighted by molar-refractivity contribution is -0.113. The minimum absolute atomic E-state index is 0.0355. The summed E-state index contributed by atoms with van der Waals surface area (Å²) in [6.45, 7) is 9.14. The molecule has 0 fully saturated rings. The Morgan fingerprint density at radius 1 is 1.09 bits per heavy atom. The van der Waals surface area contributed by atoms with E-state index in [4.69, 9.17) is 0 Å². The average molecular weight is 466 g/mol. The van der Waals surface area contributed by atoms with Gasteiger partial charge in [0.1, 0.15) is 0 Å². The van der Waals surface area contributed by atoms with Crippen LogP contribution >= 0.6 is 11.8 Å². The van der Waals surface area contributed by atoms with Gasteiger partial charge in [0.05, 0.1) is 18.3 Å². The zero-order valence-electron chi connectivity index (χ0n) is 20.5. The molecule has 3 rings (SSSR count). The van der Waals surface area contributed by atoms with Gasteiger partial charge in [-0.3, -0.25) is 9.69 Å². The number of benzene rings is 2. The molecule has 0 bridgehead atoms. The lowest BCUT2D eigenvalue weighted by atomic mass is 9.98. The Morgan fingerprint density at radius 2 is 1.82 bits per heavy atom. The second kappa shape index (κ2) is 11.5. The van der Waals surface area contributed by atoms with Gasteiger partial charge in [-0.05, 0) is 50.0 Å². The summed E-state index contributed by atoms with van der Waals surface area (Å²) in [6, 6.07) is 16.6. The van der Waals surface area contributed by atoms with Crippen LogP contribution in [0.3, 0.4) is 0 Å². The number of hydrogen-bond acceptors (Lipinski definition) is 5. The maximum Gasteiger partial charge on any atom is 0.234 e. The molecule has 176 valence electrons. The second-order valence-electron chi connectivity index (χ2n) is 8.83. The molecule has 1 aromatic heterocycles. The Morgan fingerprint density at radius 3 is 2.45 bits per heavy atom. The van der Waals surface area contributed by atoms with Crippen LogP contribution in [-0.4, -0.2) is 45.4 Å². The molecule has 1 heterocycles. The number of aryl methyl sites for hydroxylation is 1. The average Bonchev–Trinajstić information content (AvgIpc) is 3.16. The Bertz CT molecular complexity index is 1060. The molecule has 1 atom stereocenters. The largest absolute Gasteiger partial charge is 0.325 e. The number of para-hydroxylation sites is 1. The number of carbonyl (C=O) groups excluding carboxylic acids is 1. The lowest BCUT2D eigenvalue weighted by Gasteiger charge is -2.23. The molecule has 0 aliphatic rings. The van der Waals surface area contributed by atoms with Crippen molar-refractivity contribution in [2.45, 2.75) is 57.8 Å². The van der Waals surface area contributed by atoms with Gasteiger partial charge in [-0.15, -0.1) is 10.2 Å². The van der Waals surface area contributed by atoms with E-state index < -0.39 is 0 Å². The van der Waals surface area contributed by atoms with E-state index in [-0.39, 0.29) is 17.7 Å². The van der Waals surface area contributed by atoms with Crippen molar-refractivity contribution < 1.29 is 4.79 Å². The summed E-state index contributed by atoms with van der Waals surface area (Å²) in [5.74, 6) is 1.50. The molecule has 1 unspecified atom stereocenters. The molecule has 0 saturated carbocycles. The topological polar surface area (TPSA) is 63.1 Å². The molecule has 33 heavy (non-hydrogen) atoms. The van der Waals surface area contributed by atoms with Gasteiger partial charge in [0.25, 0.3) is 0 Å². The number of carbonyl (C=O) groups is 1. The monoisotopic (exact) mass is 465 g/mol. The fourth-order valence-corrected chi connectivity index (χ4v) is 4.74. The minimum atomic E-state index is -0.0355. The predicted octanol–water partition coefficient (Wildman–Crippen LogP) is 5.50. The smallest absolute Gasteiger partial charge is 0.234 e. The molecule has 0 aliphatic carbocycles. The summed E-state index contributed by atoms with van der Waals surface area (Å²) in [7, 11) is 4.12. The number of hydrogen-bond donors (Lipinski definition) is 1. The molecule has 1 N–H and O–H groups in total. The number of rotatable bonds is 10. The van der Waals surface area contributed by atoms with Crippen LogP contribution in [-0.2, 0) is 11.3 Å². The molecule has 6 nitrogen and oxygen atoms in total. The maximum absolute atomic E-state index is 12.9. The van der Waals surface area contributed by atoms with E-state index in [2.05, 4.69) is 78.0 Å².